The van der Waals surface area contributed by atoms with Gasteiger partial charge in [0, 0.05) is 56.6 Å². The summed E-state index contributed by atoms with van der Waals surface area (Å²) in [7, 11) is 1.83. The monoisotopic (exact) mass is 384 g/mol. The molecule has 0 unspecified atom stereocenters. The van der Waals surface area contributed by atoms with Crippen molar-refractivity contribution in [2.45, 2.75) is 31.7 Å². The van der Waals surface area contributed by atoms with Crippen molar-refractivity contribution >= 4 is 22.6 Å². The predicted molar refractivity (Wildman–Crippen MR) is 110 cm³/mol. The maximum Gasteiger partial charge on any atom is 0.228 e. The normalized spacial score (nSPS) is 23.9. The summed E-state index contributed by atoms with van der Waals surface area (Å²) >= 11 is 0. The van der Waals surface area contributed by atoms with Crippen LogP contribution in [0.25, 0.3) is 22.2 Å². The summed E-state index contributed by atoms with van der Waals surface area (Å²) in [5.74, 6) is -0.191. The molecule has 0 saturated heterocycles. The van der Waals surface area contributed by atoms with Gasteiger partial charge in [0.1, 0.15) is 5.82 Å². The number of nitrogens with one attached hydrogen (secondary N) is 1. The lowest BCUT2D eigenvalue weighted by Crippen LogP contribution is -2.35. The number of carbonyl (C=O) groups excluding carboxylic acids is 1. The Bertz CT molecular complexity index is 1170. The summed E-state index contributed by atoms with van der Waals surface area (Å²) in [5, 5.41) is 7.83. The van der Waals surface area contributed by atoms with E-state index in [0.29, 0.717) is 41.9 Å². The molecule has 3 aromatic rings. The molecule has 0 aliphatic heterocycles. The number of carbonyl (C=O) groups is 1. The van der Waals surface area contributed by atoms with Crippen LogP contribution in [0, 0.1) is 5.92 Å². The molecule has 1 saturated carbocycles. The van der Waals surface area contributed by atoms with Gasteiger partial charge in [-0.2, -0.15) is 5.10 Å². The molecule has 3 heterocycles. The third-order valence-electron chi connectivity index (χ3n) is 5.26. The second-order valence-electron chi connectivity index (χ2n) is 7.23. The Kier molecular flexibility index (Phi) is 3.46. The summed E-state index contributed by atoms with van der Waals surface area (Å²) in [5.41, 5.74) is 2.32. The highest BCUT2D eigenvalue weighted by atomic mass is 16.1. The van der Waals surface area contributed by atoms with Crippen LogP contribution in [-0.4, -0.2) is 50.5 Å². The van der Waals surface area contributed by atoms with Gasteiger partial charge in [-0.1, -0.05) is 0 Å². The van der Waals surface area contributed by atoms with E-state index in [0.717, 1.165) is 16.6 Å². The Hall–Kier alpha value is -2.80. The van der Waals surface area contributed by atoms with E-state index in [4.69, 9.17) is 8.22 Å². The molecule has 146 valence electrons. The van der Waals surface area contributed by atoms with Crippen LogP contribution in [-0.2, 0) is 11.8 Å². The number of rotatable bonds is 4. The summed E-state index contributed by atoms with van der Waals surface area (Å²) in [6.07, 6.45) is 6.67. The number of nitrogens with zero attached hydrogens (tertiary/aromatic N) is 5. The zero-order valence-electron chi connectivity index (χ0n) is 21.6. The first kappa shape index (κ1) is 12.6. The molecular formula is C21H26N6O. The molecule has 0 aromatic carbocycles. The van der Waals surface area contributed by atoms with E-state index in [2.05, 4.69) is 20.4 Å². The average Bonchev–Trinajstić information content (AvgIpc) is 3.18. The molecule has 4 rings (SSSR count). The van der Waals surface area contributed by atoms with Gasteiger partial charge in [0.15, 0.2) is 0 Å². The molecule has 1 amide bonds. The minimum atomic E-state index is -2.72. The van der Waals surface area contributed by atoms with E-state index < -0.39 is 20.0 Å². The third-order valence-corrected chi connectivity index (χ3v) is 5.26. The van der Waals surface area contributed by atoms with Crippen molar-refractivity contribution in [1.29, 1.82) is 0 Å². The Balaban J connectivity index is 1.43. The van der Waals surface area contributed by atoms with Gasteiger partial charge in [0.25, 0.3) is 0 Å². The van der Waals surface area contributed by atoms with E-state index in [-0.39, 0.29) is 11.8 Å². The summed E-state index contributed by atoms with van der Waals surface area (Å²) < 4.78 is 47.3. The number of aryl methyl sites for hydroxylation is 1. The first-order chi connectivity index (χ1) is 15.9. The van der Waals surface area contributed by atoms with Crippen LogP contribution < -0.4 is 5.32 Å². The predicted octanol–water partition coefficient (Wildman–Crippen LogP) is 3.09. The first-order valence-electron chi connectivity index (χ1n) is 12.3. The van der Waals surface area contributed by atoms with Crippen LogP contribution in [0.4, 0.5) is 5.82 Å². The van der Waals surface area contributed by atoms with Crippen molar-refractivity contribution in [1.82, 2.24) is 24.6 Å². The first-order valence-corrected chi connectivity index (χ1v) is 9.28. The highest BCUT2D eigenvalue weighted by Crippen LogP contribution is 2.28. The van der Waals surface area contributed by atoms with Gasteiger partial charge < -0.3 is 10.2 Å². The van der Waals surface area contributed by atoms with Gasteiger partial charge in [-0.15, -0.1) is 0 Å². The molecule has 1 aliphatic carbocycles. The zero-order valence-corrected chi connectivity index (χ0v) is 15.6. The molecule has 7 heteroatoms. The largest absolute Gasteiger partial charge is 0.310 e. The topological polar surface area (TPSA) is 75.9 Å². The lowest BCUT2D eigenvalue weighted by Gasteiger charge is -2.31. The SMILES string of the molecule is [2H]C([2H])([2H])N(C1CCC(C(=O)Nc2cc3nc(-c4cnn(C)c4)ccc3cn2)CC1)C([2H])([2H])[2H]. The zero-order chi connectivity index (χ0) is 24.7. The van der Waals surface area contributed by atoms with Crippen LogP contribution >= 0.6 is 0 Å². The molecule has 1 N–H and O–H groups in total. The van der Waals surface area contributed by atoms with Gasteiger partial charge in [-0.3, -0.25) is 9.48 Å². The lowest BCUT2D eigenvalue weighted by atomic mass is 9.85. The van der Waals surface area contributed by atoms with Crippen LogP contribution in [0.15, 0.2) is 36.8 Å². The number of fused-ring (bicyclic) bond motifs is 1. The second-order valence-corrected chi connectivity index (χ2v) is 7.23. The van der Waals surface area contributed by atoms with Crippen molar-refractivity contribution < 1.29 is 13.0 Å². The maximum atomic E-state index is 12.8. The summed E-state index contributed by atoms with van der Waals surface area (Å²) in [4.78, 5) is 22.4. The van der Waals surface area contributed by atoms with Gasteiger partial charge >= 0.3 is 0 Å². The van der Waals surface area contributed by atoms with Gasteiger partial charge in [0.2, 0.25) is 5.91 Å². The Morgan fingerprint density at radius 1 is 1.25 bits per heavy atom. The smallest absolute Gasteiger partial charge is 0.228 e. The van der Waals surface area contributed by atoms with Gasteiger partial charge in [0.05, 0.1) is 17.4 Å². The standard InChI is InChI=1S/C21H26N6O/c1-26(2)17-7-4-14(5-8-17)21(28)25-20-10-19-15(11-22-20)6-9-18(24-19)16-12-23-27(3)13-16/h6,9-14,17H,4-5,7-8H2,1-3H3,(H,22,25,28)/i1D3,2D3. The Labute approximate surface area is 173 Å². The second kappa shape index (κ2) is 7.67. The Morgan fingerprint density at radius 2 is 2.07 bits per heavy atom. The van der Waals surface area contributed by atoms with E-state index in [1.807, 2.05) is 25.4 Å². The fourth-order valence-corrected chi connectivity index (χ4v) is 3.62. The van der Waals surface area contributed by atoms with E-state index >= 15 is 0 Å². The third kappa shape index (κ3) is 3.89. The highest BCUT2D eigenvalue weighted by molar-refractivity contribution is 5.93. The molecule has 1 aliphatic rings. The van der Waals surface area contributed by atoms with Crippen LogP contribution in [0.3, 0.4) is 0 Å². The van der Waals surface area contributed by atoms with Crippen molar-refractivity contribution in [3.63, 3.8) is 0 Å². The molecule has 3 aromatic heterocycles. The molecule has 0 atom stereocenters. The van der Waals surface area contributed by atoms with Gasteiger partial charge in [-0.25, -0.2) is 9.97 Å². The fraction of sp³-hybridized carbons (Fsp3) is 0.429. The van der Waals surface area contributed by atoms with E-state index in [1.54, 1.807) is 23.1 Å². The minimum Gasteiger partial charge on any atom is -0.310 e. The Morgan fingerprint density at radius 3 is 2.79 bits per heavy atom. The molecule has 0 radical (unpaired) electrons. The van der Waals surface area contributed by atoms with E-state index in [1.165, 1.54) is 0 Å². The molecule has 7 nitrogen and oxygen atoms in total. The maximum absolute atomic E-state index is 12.8. The van der Waals surface area contributed by atoms with Crippen LogP contribution in [0.5, 0.6) is 0 Å². The molecule has 1 fully saturated rings. The number of hydrogen-bond donors (Lipinski definition) is 1. The molecule has 0 spiro atoms. The minimum absolute atomic E-state index is 0.219. The van der Waals surface area contributed by atoms with Crippen molar-refractivity contribution in [2.75, 3.05) is 19.3 Å². The average molecular weight is 385 g/mol. The summed E-state index contributed by atoms with van der Waals surface area (Å²) in [6, 6.07) is 4.88. The number of pyridine rings is 2. The number of aromatic nitrogens is 4. The quantitative estimate of drug-likeness (QED) is 0.748. The summed E-state index contributed by atoms with van der Waals surface area (Å²) in [6.45, 7) is -5.44. The fourth-order valence-electron chi connectivity index (χ4n) is 3.62. The van der Waals surface area contributed by atoms with Gasteiger partial charge in [-0.05, 0) is 51.8 Å². The molecule has 28 heavy (non-hydrogen) atoms. The van der Waals surface area contributed by atoms with E-state index in [9.17, 15) is 4.79 Å². The highest BCUT2D eigenvalue weighted by Gasteiger charge is 2.27. The lowest BCUT2D eigenvalue weighted by molar-refractivity contribution is -0.121. The number of amides is 1. The molecular weight excluding hydrogens is 352 g/mol. The number of anilines is 1. The number of hydrogen-bond acceptors (Lipinski definition) is 5. The van der Waals surface area contributed by atoms with Crippen LogP contribution in [0.1, 0.15) is 33.9 Å². The van der Waals surface area contributed by atoms with Crippen molar-refractivity contribution in [3.8, 4) is 11.3 Å². The van der Waals surface area contributed by atoms with Crippen molar-refractivity contribution in [2.24, 2.45) is 13.0 Å². The molecule has 0 bridgehead atoms. The van der Waals surface area contributed by atoms with Crippen molar-refractivity contribution in [3.05, 3.63) is 36.8 Å². The van der Waals surface area contributed by atoms with Crippen LogP contribution in [0.2, 0.25) is 0 Å².